The van der Waals surface area contributed by atoms with Crippen molar-refractivity contribution in [2.75, 3.05) is 19.3 Å². The Kier molecular flexibility index (Phi) is 5.55. The number of sulfone groups is 1. The van der Waals surface area contributed by atoms with Crippen LogP contribution in [0.4, 0.5) is 0 Å². The van der Waals surface area contributed by atoms with Gasteiger partial charge in [-0.3, -0.25) is 4.79 Å². The quantitative estimate of drug-likeness (QED) is 0.712. The minimum Gasteiger partial charge on any atom is -0.481 e. The zero-order chi connectivity index (χ0) is 23.3. The summed E-state index contributed by atoms with van der Waals surface area (Å²) < 4.78 is 51.0. The average Bonchev–Trinajstić information content (AvgIpc) is 3.07. The highest BCUT2D eigenvalue weighted by Crippen LogP contribution is 2.49. The number of hydrogen-bond acceptors (Lipinski definition) is 5. The van der Waals surface area contributed by atoms with E-state index in [2.05, 4.69) is 0 Å². The van der Waals surface area contributed by atoms with Crippen LogP contribution in [-0.4, -0.2) is 51.6 Å². The highest BCUT2D eigenvalue weighted by atomic mass is 32.2. The van der Waals surface area contributed by atoms with Crippen molar-refractivity contribution in [1.29, 1.82) is 0 Å². The van der Waals surface area contributed by atoms with Crippen LogP contribution in [0.1, 0.15) is 30.9 Å². The van der Waals surface area contributed by atoms with E-state index in [1.54, 1.807) is 6.92 Å². The van der Waals surface area contributed by atoms with E-state index in [0.29, 0.717) is 12.8 Å². The molecule has 0 saturated carbocycles. The molecule has 32 heavy (non-hydrogen) atoms. The van der Waals surface area contributed by atoms with E-state index >= 15 is 0 Å². The molecule has 9 heteroatoms. The van der Waals surface area contributed by atoms with E-state index in [0.717, 1.165) is 23.0 Å². The summed E-state index contributed by atoms with van der Waals surface area (Å²) >= 11 is 0. The average molecular weight is 476 g/mol. The molecule has 0 amide bonds. The molecule has 4 rings (SSSR count). The van der Waals surface area contributed by atoms with Gasteiger partial charge in [-0.25, -0.2) is 16.8 Å². The van der Waals surface area contributed by atoms with E-state index in [1.807, 2.05) is 30.3 Å². The Bertz CT molecular complexity index is 1300. The van der Waals surface area contributed by atoms with Crippen LogP contribution in [0.15, 0.2) is 64.4 Å². The topological polar surface area (TPSA) is 109 Å². The van der Waals surface area contributed by atoms with Gasteiger partial charge in [-0.05, 0) is 60.7 Å². The zero-order valence-electron chi connectivity index (χ0n) is 17.9. The third-order valence-electron chi connectivity index (χ3n) is 6.55. The minimum atomic E-state index is -3.77. The van der Waals surface area contributed by atoms with Gasteiger partial charge in [-0.1, -0.05) is 30.3 Å². The van der Waals surface area contributed by atoms with Gasteiger partial charge in [0.15, 0.2) is 9.84 Å². The Morgan fingerprint density at radius 2 is 1.53 bits per heavy atom. The maximum Gasteiger partial charge on any atom is 0.310 e. The van der Waals surface area contributed by atoms with Crippen LogP contribution in [-0.2, 0) is 30.1 Å². The molecule has 2 aromatic carbocycles. The third-order valence-corrected chi connectivity index (χ3v) is 9.59. The lowest BCUT2D eigenvalue weighted by molar-refractivity contribution is -0.139. The number of fused-ring (bicyclic) bond motifs is 2. The number of allylic oxidation sites excluding steroid dienone is 1. The van der Waals surface area contributed by atoms with Gasteiger partial charge >= 0.3 is 5.97 Å². The summed E-state index contributed by atoms with van der Waals surface area (Å²) in [5, 5.41) is 9.53. The second-order valence-electron chi connectivity index (χ2n) is 8.51. The van der Waals surface area contributed by atoms with Crippen molar-refractivity contribution < 1.29 is 26.7 Å². The Labute approximate surface area is 188 Å². The summed E-state index contributed by atoms with van der Waals surface area (Å²) in [5.41, 5.74) is 2.37. The highest BCUT2D eigenvalue weighted by molar-refractivity contribution is 7.90. The number of aliphatic carboxylic acids is 1. The van der Waals surface area contributed by atoms with Crippen molar-refractivity contribution in [3.63, 3.8) is 0 Å². The van der Waals surface area contributed by atoms with Gasteiger partial charge in [0.05, 0.1) is 15.7 Å². The fourth-order valence-corrected chi connectivity index (χ4v) is 6.73. The summed E-state index contributed by atoms with van der Waals surface area (Å²) in [5.74, 6) is -1.54. The van der Waals surface area contributed by atoms with Crippen molar-refractivity contribution in [2.45, 2.75) is 35.0 Å². The molecule has 1 fully saturated rings. The van der Waals surface area contributed by atoms with Crippen LogP contribution >= 0.6 is 0 Å². The van der Waals surface area contributed by atoms with Gasteiger partial charge in [0.2, 0.25) is 10.0 Å². The van der Waals surface area contributed by atoms with Crippen LogP contribution in [0.3, 0.4) is 0 Å². The lowest BCUT2D eigenvalue weighted by Crippen LogP contribution is -2.43. The zero-order valence-corrected chi connectivity index (χ0v) is 19.5. The highest BCUT2D eigenvalue weighted by Gasteiger charge is 2.44. The predicted octanol–water partition coefficient (Wildman–Crippen LogP) is 2.93. The molecule has 7 nitrogen and oxygen atoms in total. The molecule has 1 saturated heterocycles. The molecule has 170 valence electrons. The number of sulfonamides is 1. The first-order valence-electron chi connectivity index (χ1n) is 10.3. The molecule has 1 unspecified atom stereocenters. The SMILES string of the molecule is CC(C(=O)O)C1=CC2(CCN(S(=O)(=O)c3ccc(S(C)(=O)=O)cc3)CC2)c2ccccc21. The van der Waals surface area contributed by atoms with E-state index in [-0.39, 0.29) is 28.3 Å². The number of carboxylic acid groups (broad SMARTS) is 1. The molecule has 1 atom stereocenters. The third kappa shape index (κ3) is 3.78. The van der Waals surface area contributed by atoms with Crippen molar-refractivity contribution in [2.24, 2.45) is 5.92 Å². The van der Waals surface area contributed by atoms with Gasteiger partial charge in [0, 0.05) is 24.8 Å². The molecule has 1 spiro atoms. The number of hydrogen-bond donors (Lipinski definition) is 1. The van der Waals surface area contributed by atoms with Gasteiger partial charge < -0.3 is 5.11 Å². The number of nitrogens with zero attached hydrogens (tertiary/aromatic N) is 1. The smallest absolute Gasteiger partial charge is 0.310 e. The fourth-order valence-electron chi connectivity index (χ4n) is 4.66. The summed E-state index contributed by atoms with van der Waals surface area (Å²) in [6.45, 7) is 2.25. The first-order chi connectivity index (χ1) is 15.0. The molecule has 2 aliphatic rings. The summed E-state index contributed by atoms with van der Waals surface area (Å²) in [4.78, 5) is 11.8. The largest absolute Gasteiger partial charge is 0.481 e. The molecule has 1 N–H and O–H groups in total. The molecule has 1 heterocycles. The van der Waals surface area contributed by atoms with E-state index < -0.39 is 31.7 Å². The monoisotopic (exact) mass is 475 g/mol. The number of rotatable bonds is 5. The van der Waals surface area contributed by atoms with Crippen LogP contribution in [0.5, 0.6) is 0 Å². The lowest BCUT2D eigenvalue weighted by Gasteiger charge is -2.38. The molecule has 0 bridgehead atoms. The fraction of sp³-hybridized carbons (Fsp3) is 0.348. The van der Waals surface area contributed by atoms with Crippen LogP contribution in [0, 0.1) is 5.92 Å². The Hall–Kier alpha value is -2.49. The van der Waals surface area contributed by atoms with Crippen molar-refractivity contribution in [3.8, 4) is 0 Å². The Balaban J connectivity index is 1.60. The van der Waals surface area contributed by atoms with Crippen molar-refractivity contribution in [1.82, 2.24) is 4.31 Å². The second kappa shape index (κ2) is 7.83. The van der Waals surface area contributed by atoms with Crippen molar-refractivity contribution >= 4 is 31.4 Å². The number of piperidine rings is 1. The minimum absolute atomic E-state index is 0.0587. The molecular weight excluding hydrogens is 450 g/mol. The Morgan fingerprint density at radius 3 is 2.09 bits per heavy atom. The first kappa shape index (κ1) is 22.7. The first-order valence-corrected chi connectivity index (χ1v) is 13.6. The molecule has 1 aliphatic heterocycles. The number of carbonyl (C=O) groups is 1. The van der Waals surface area contributed by atoms with Gasteiger partial charge in [0.1, 0.15) is 0 Å². The second-order valence-corrected chi connectivity index (χ2v) is 12.5. The van der Waals surface area contributed by atoms with E-state index in [4.69, 9.17) is 0 Å². The standard InChI is InChI=1S/C23H25NO6S2/c1-16(22(25)26)20-15-23(21-6-4-3-5-19(20)21)11-13-24(14-12-23)32(29,30)18-9-7-17(8-10-18)31(2,27)28/h3-10,15-16H,11-14H2,1-2H3,(H,25,26). The maximum absolute atomic E-state index is 13.1. The lowest BCUT2D eigenvalue weighted by atomic mass is 9.75. The maximum atomic E-state index is 13.1. The van der Waals surface area contributed by atoms with Crippen molar-refractivity contribution in [3.05, 3.63) is 65.7 Å². The number of benzene rings is 2. The molecule has 0 aromatic heterocycles. The van der Waals surface area contributed by atoms with E-state index in [9.17, 15) is 26.7 Å². The Morgan fingerprint density at radius 1 is 0.969 bits per heavy atom. The summed E-state index contributed by atoms with van der Waals surface area (Å²) in [7, 11) is -7.18. The summed E-state index contributed by atoms with van der Waals surface area (Å²) in [6, 6.07) is 13.0. The molecule has 0 radical (unpaired) electrons. The molecule has 1 aliphatic carbocycles. The van der Waals surface area contributed by atoms with E-state index in [1.165, 1.54) is 28.6 Å². The van der Waals surface area contributed by atoms with Gasteiger partial charge in [-0.15, -0.1) is 0 Å². The van der Waals surface area contributed by atoms with Gasteiger partial charge in [0.25, 0.3) is 0 Å². The number of carboxylic acids is 1. The summed E-state index contributed by atoms with van der Waals surface area (Å²) in [6.07, 6.45) is 4.19. The normalized spacial score (nSPS) is 19.4. The molecule has 2 aromatic rings. The van der Waals surface area contributed by atoms with Crippen LogP contribution in [0.25, 0.3) is 5.57 Å². The predicted molar refractivity (Wildman–Crippen MR) is 120 cm³/mol. The van der Waals surface area contributed by atoms with Crippen LogP contribution in [0.2, 0.25) is 0 Å². The van der Waals surface area contributed by atoms with Gasteiger partial charge in [-0.2, -0.15) is 4.31 Å². The van der Waals surface area contributed by atoms with Crippen LogP contribution < -0.4 is 0 Å². The molecular formula is C23H25NO6S2.